The highest BCUT2D eigenvalue weighted by atomic mass is 32.2. The molecule has 42 heavy (non-hydrogen) atoms. The Morgan fingerprint density at radius 2 is 1.31 bits per heavy atom. The first-order chi connectivity index (χ1) is 20.0. The van der Waals surface area contributed by atoms with Crippen LogP contribution < -0.4 is 5.32 Å². The third kappa shape index (κ3) is 6.65. The summed E-state index contributed by atoms with van der Waals surface area (Å²) < 4.78 is 80.9. The maximum absolute atomic E-state index is 13.2. The number of para-hydroxylation sites is 1. The number of halogens is 6. The van der Waals surface area contributed by atoms with Crippen molar-refractivity contribution < 1.29 is 31.1 Å². The van der Waals surface area contributed by atoms with Crippen LogP contribution in [0.1, 0.15) is 27.0 Å². The molecular formula is C30H20F6N4OS. The molecule has 0 spiro atoms. The Bertz CT molecular complexity index is 1650. The van der Waals surface area contributed by atoms with Gasteiger partial charge in [0.05, 0.1) is 11.1 Å². The standard InChI is InChI=1S/C30H20F6N4OS/c31-29(32,33)22-15-23(30(34,35)36)17-24(16-22)37-27(41)21-13-11-19(12-14-21)18-42-28-39-38-26(20-7-3-1-4-8-20)40(28)25-9-5-2-6-10-25/h1-17H,18H2,(H,37,41). The molecule has 1 heterocycles. The monoisotopic (exact) mass is 598 g/mol. The number of aromatic nitrogens is 3. The van der Waals surface area contributed by atoms with E-state index in [1.807, 2.05) is 65.2 Å². The van der Waals surface area contributed by atoms with Crippen molar-refractivity contribution >= 4 is 23.4 Å². The molecule has 0 fully saturated rings. The van der Waals surface area contributed by atoms with E-state index in [0.29, 0.717) is 28.9 Å². The van der Waals surface area contributed by atoms with E-state index >= 15 is 0 Å². The lowest BCUT2D eigenvalue weighted by Gasteiger charge is -2.15. The summed E-state index contributed by atoms with van der Waals surface area (Å²) in [7, 11) is 0. The number of nitrogens with one attached hydrogen (secondary N) is 1. The summed E-state index contributed by atoms with van der Waals surface area (Å²) in [5.41, 5.74) is -1.01. The molecule has 1 amide bonds. The maximum atomic E-state index is 13.2. The van der Waals surface area contributed by atoms with E-state index in [1.165, 1.54) is 23.9 Å². The fraction of sp³-hybridized carbons (Fsp3) is 0.100. The van der Waals surface area contributed by atoms with Gasteiger partial charge in [0, 0.05) is 28.3 Å². The SMILES string of the molecule is O=C(Nc1cc(C(F)(F)F)cc(C(F)(F)F)c1)c1ccc(CSc2nnc(-c3ccccc3)n2-c2ccccc2)cc1. The van der Waals surface area contributed by atoms with E-state index in [-0.39, 0.29) is 11.6 Å². The quantitative estimate of drug-likeness (QED) is 0.151. The average Bonchev–Trinajstić information content (AvgIpc) is 3.40. The third-order valence-corrected chi connectivity index (χ3v) is 7.11. The van der Waals surface area contributed by atoms with Gasteiger partial charge in [0.25, 0.3) is 5.91 Å². The minimum atomic E-state index is -5.02. The topological polar surface area (TPSA) is 59.8 Å². The van der Waals surface area contributed by atoms with Crippen molar-refractivity contribution in [2.24, 2.45) is 0 Å². The Balaban J connectivity index is 1.32. The number of hydrogen-bond acceptors (Lipinski definition) is 4. The number of rotatable bonds is 7. The van der Waals surface area contributed by atoms with Crippen molar-refractivity contribution in [2.75, 3.05) is 5.32 Å². The van der Waals surface area contributed by atoms with Gasteiger partial charge in [-0.3, -0.25) is 9.36 Å². The van der Waals surface area contributed by atoms with Crippen molar-refractivity contribution in [3.63, 3.8) is 0 Å². The summed E-state index contributed by atoms with van der Waals surface area (Å²) in [5.74, 6) is 0.266. The van der Waals surface area contributed by atoms with Gasteiger partial charge < -0.3 is 5.32 Å². The summed E-state index contributed by atoms with van der Waals surface area (Å²) >= 11 is 1.41. The average molecular weight is 599 g/mol. The molecule has 0 saturated heterocycles. The van der Waals surface area contributed by atoms with Crippen LogP contribution in [0.4, 0.5) is 32.0 Å². The van der Waals surface area contributed by atoms with Crippen molar-refractivity contribution in [3.05, 3.63) is 125 Å². The molecule has 5 aromatic rings. The van der Waals surface area contributed by atoms with Gasteiger partial charge in [0.15, 0.2) is 11.0 Å². The Kier molecular flexibility index (Phi) is 8.08. The first-order valence-corrected chi connectivity index (χ1v) is 13.4. The molecule has 5 nitrogen and oxygen atoms in total. The molecule has 0 saturated carbocycles. The molecular weight excluding hydrogens is 578 g/mol. The van der Waals surface area contributed by atoms with E-state index in [2.05, 4.69) is 15.5 Å². The zero-order chi connectivity index (χ0) is 29.9. The van der Waals surface area contributed by atoms with Crippen molar-refractivity contribution in [1.82, 2.24) is 14.8 Å². The Hall–Kier alpha value is -4.58. The summed E-state index contributed by atoms with van der Waals surface area (Å²) in [6, 6.07) is 26.3. The minimum Gasteiger partial charge on any atom is -0.322 e. The van der Waals surface area contributed by atoms with Crippen molar-refractivity contribution in [2.45, 2.75) is 23.3 Å². The van der Waals surface area contributed by atoms with Crippen LogP contribution in [0, 0.1) is 0 Å². The highest BCUT2D eigenvalue weighted by molar-refractivity contribution is 7.98. The second-order valence-electron chi connectivity index (χ2n) is 9.08. The number of nitrogens with zero attached hydrogens (tertiary/aromatic N) is 3. The largest absolute Gasteiger partial charge is 0.416 e. The lowest BCUT2D eigenvalue weighted by atomic mass is 10.1. The van der Waals surface area contributed by atoms with Gasteiger partial charge in [-0.1, -0.05) is 72.4 Å². The normalized spacial score (nSPS) is 11.9. The molecule has 1 aromatic heterocycles. The van der Waals surface area contributed by atoms with Crippen LogP contribution in [0.3, 0.4) is 0 Å². The van der Waals surface area contributed by atoms with Gasteiger partial charge in [-0.05, 0) is 48.0 Å². The molecule has 0 bridgehead atoms. The number of alkyl halides is 6. The molecule has 0 unspecified atom stereocenters. The van der Waals surface area contributed by atoms with Gasteiger partial charge in [0.2, 0.25) is 0 Å². The Morgan fingerprint density at radius 1 is 0.738 bits per heavy atom. The van der Waals surface area contributed by atoms with Gasteiger partial charge in [-0.15, -0.1) is 10.2 Å². The fourth-order valence-electron chi connectivity index (χ4n) is 4.08. The smallest absolute Gasteiger partial charge is 0.322 e. The van der Waals surface area contributed by atoms with E-state index in [0.717, 1.165) is 16.8 Å². The van der Waals surface area contributed by atoms with Gasteiger partial charge in [0.1, 0.15) is 0 Å². The fourth-order valence-corrected chi connectivity index (χ4v) is 4.99. The van der Waals surface area contributed by atoms with E-state index in [9.17, 15) is 31.1 Å². The summed E-state index contributed by atoms with van der Waals surface area (Å²) in [4.78, 5) is 12.7. The van der Waals surface area contributed by atoms with Crippen LogP contribution in [0.2, 0.25) is 0 Å². The van der Waals surface area contributed by atoms with E-state index in [1.54, 1.807) is 12.1 Å². The summed E-state index contributed by atoms with van der Waals surface area (Å²) in [6.07, 6.45) is -10.0. The molecule has 0 aliphatic carbocycles. The molecule has 0 radical (unpaired) electrons. The second-order valence-corrected chi connectivity index (χ2v) is 10.0. The van der Waals surface area contributed by atoms with Gasteiger partial charge in [-0.2, -0.15) is 26.3 Å². The molecule has 0 aliphatic rings. The number of amides is 1. The van der Waals surface area contributed by atoms with Crippen molar-refractivity contribution in [3.8, 4) is 17.1 Å². The first-order valence-electron chi connectivity index (χ1n) is 12.4. The third-order valence-electron chi connectivity index (χ3n) is 6.11. The lowest BCUT2D eigenvalue weighted by Crippen LogP contribution is -2.16. The number of benzene rings is 4. The molecule has 214 valence electrons. The van der Waals surface area contributed by atoms with Crippen LogP contribution in [0.5, 0.6) is 0 Å². The maximum Gasteiger partial charge on any atom is 0.416 e. The van der Waals surface area contributed by atoms with Crippen LogP contribution in [0.15, 0.2) is 108 Å². The van der Waals surface area contributed by atoms with Crippen LogP contribution in [-0.2, 0) is 18.1 Å². The van der Waals surface area contributed by atoms with E-state index < -0.39 is 35.1 Å². The number of hydrogen-bond donors (Lipinski definition) is 1. The van der Waals surface area contributed by atoms with Crippen LogP contribution in [-0.4, -0.2) is 20.7 Å². The molecule has 1 N–H and O–H groups in total. The van der Waals surface area contributed by atoms with Crippen molar-refractivity contribution in [1.29, 1.82) is 0 Å². The van der Waals surface area contributed by atoms with E-state index in [4.69, 9.17) is 0 Å². The predicted octanol–water partition coefficient (Wildman–Crippen LogP) is 8.52. The number of carbonyl (C=O) groups is 1. The number of carbonyl (C=O) groups excluding carboxylic acids is 1. The minimum absolute atomic E-state index is 0.00350. The summed E-state index contributed by atoms with van der Waals surface area (Å²) in [5, 5.41) is 11.5. The zero-order valence-electron chi connectivity index (χ0n) is 21.4. The molecule has 0 atom stereocenters. The Morgan fingerprint density at radius 3 is 1.88 bits per heavy atom. The highest BCUT2D eigenvalue weighted by Gasteiger charge is 2.37. The molecule has 0 aliphatic heterocycles. The van der Waals surface area contributed by atoms with Gasteiger partial charge >= 0.3 is 12.4 Å². The predicted molar refractivity (Wildman–Crippen MR) is 147 cm³/mol. The second kappa shape index (κ2) is 11.7. The molecule has 12 heteroatoms. The molecule has 5 rings (SSSR count). The van der Waals surface area contributed by atoms with Gasteiger partial charge in [-0.25, -0.2) is 0 Å². The van der Waals surface area contributed by atoms with Crippen LogP contribution >= 0.6 is 11.8 Å². The number of anilines is 1. The lowest BCUT2D eigenvalue weighted by molar-refractivity contribution is -0.143. The van der Waals surface area contributed by atoms with Crippen LogP contribution in [0.25, 0.3) is 17.1 Å². The Labute approximate surface area is 240 Å². The zero-order valence-corrected chi connectivity index (χ0v) is 22.3. The summed E-state index contributed by atoms with van der Waals surface area (Å²) in [6.45, 7) is 0. The highest BCUT2D eigenvalue weighted by Crippen LogP contribution is 2.37. The first kappa shape index (κ1) is 28.9. The molecule has 4 aromatic carbocycles. The number of thioether (sulfide) groups is 1.